The molecule has 0 saturated carbocycles. The van der Waals surface area contributed by atoms with Gasteiger partial charge in [0.05, 0.1) is 0 Å². The van der Waals surface area contributed by atoms with Crippen molar-refractivity contribution in [2.75, 3.05) is 0 Å². The van der Waals surface area contributed by atoms with Crippen molar-refractivity contribution >= 4 is 22.6 Å². The third-order valence-corrected chi connectivity index (χ3v) is 2.89. The summed E-state index contributed by atoms with van der Waals surface area (Å²) in [6, 6.07) is 8.48. The standard InChI is InChI=1S/C15H23IO/c1-14(2,3)17-13-8-6-12(7-9-13)10-11-15(4,5)16/h6-9H,10-11H2,1-5H3. The molecule has 0 aliphatic carbocycles. The molecule has 1 nitrogen and oxygen atoms in total. The lowest BCUT2D eigenvalue weighted by molar-refractivity contribution is 0.131. The summed E-state index contributed by atoms with van der Waals surface area (Å²) in [5, 5.41) is 0. The number of hydrogen-bond donors (Lipinski definition) is 0. The first-order valence-corrected chi connectivity index (χ1v) is 7.20. The van der Waals surface area contributed by atoms with Crippen molar-refractivity contribution in [2.24, 2.45) is 0 Å². The van der Waals surface area contributed by atoms with Gasteiger partial charge < -0.3 is 4.74 Å². The van der Waals surface area contributed by atoms with Crippen LogP contribution in [0.25, 0.3) is 0 Å². The maximum absolute atomic E-state index is 5.80. The first-order valence-electron chi connectivity index (χ1n) is 6.13. The predicted molar refractivity (Wildman–Crippen MR) is 83.2 cm³/mol. The molecule has 96 valence electrons. The Bertz CT molecular complexity index is 341. The van der Waals surface area contributed by atoms with E-state index in [4.69, 9.17) is 4.74 Å². The zero-order valence-electron chi connectivity index (χ0n) is 11.5. The molecule has 0 amide bonds. The van der Waals surface area contributed by atoms with Gasteiger partial charge in [-0.25, -0.2) is 0 Å². The van der Waals surface area contributed by atoms with Gasteiger partial charge in [-0.2, -0.15) is 0 Å². The molecule has 0 aliphatic heterocycles. The summed E-state index contributed by atoms with van der Waals surface area (Å²) in [7, 11) is 0. The van der Waals surface area contributed by atoms with Crippen LogP contribution in [0.15, 0.2) is 24.3 Å². The summed E-state index contributed by atoms with van der Waals surface area (Å²) < 4.78 is 6.17. The molecule has 0 unspecified atom stereocenters. The Kier molecular flexibility index (Phi) is 4.87. The molecular weight excluding hydrogens is 323 g/mol. The van der Waals surface area contributed by atoms with Crippen LogP contribution in [0.5, 0.6) is 5.75 Å². The molecule has 0 fully saturated rings. The molecule has 0 aromatic heterocycles. The van der Waals surface area contributed by atoms with Gasteiger partial charge in [0, 0.05) is 3.42 Å². The van der Waals surface area contributed by atoms with Crippen LogP contribution in [0, 0.1) is 0 Å². The number of alkyl halides is 1. The van der Waals surface area contributed by atoms with Crippen LogP contribution in [0.3, 0.4) is 0 Å². The molecule has 1 aromatic carbocycles. The van der Waals surface area contributed by atoms with E-state index in [1.807, 2.05) is 0 Å². The van der Waals surface area contributed by atoms with Gasteiger partial charge in [0.1, 0.15) is 11.4 Å². The highest BCUT2D eigenvalue weighted by atomic mass is 127. The Morgan fingerprint density at radius 1 is 1.00 bits per heavy atom. The van der Waals surface area contributed by atoms with Crippen LogP contribution < -0.4 is 4.74 Å². The van der Waals surface area contributed by atoms with E-state index in [0.717, 1.165) is 12.2 Å². The smallest absolute Gasteiger partial charge is 0.120 e. The Labute approximate surface area is 119 Å². The second-order valence-corrected chi connectivity index (χ2v) is 9.00. The molecule has 2 heteroatoms. The topological polar surface area (TPSA) is 9.23 Å². The number of aryl methyl sites for hydroxylation is 1. The summed E-state index contributed by atoms with van der Waals surface area (Å²) in [6.07, 6.45) is 2.33. The summed E-state index contributed by atoms with van der Waals surface area (Å²) >= 11 is 2.50. The largest absolute Gasteiger partial charge is 0.488 e. The number of halogens is 1. The Balaban J connectivity index is 2.56. The van der Waals surface area contributed by atoms with E-state index >= 15 is 0 Å². The summed E-state index contributed by atoms with van der Waals surface area (Å²) in [6.45, 7) is 10.7. The van der Waals surface area contributed by atoms with E-state index in [0.29, 0.717) is 3.42 Å². The van der Waals surface area contributed by atoms with Crippen molar-refractivity contribution in [3.05, 3.63) is 29.8 Å². The van der Waals surface area contributed by atoms with Crippen LogP contribution in [0.4, 0.5) is 0 Å². The van der Waals surface area contributed by atoms with Gasteiger partial charge >= 0.3 is 0 Å². The molecule has 1 rings (SSSR count). The van der Waals surface area contributed by atoms with Gasteiger partial charge in [0.2, 0.25) is 0 Å². The third kappa shape index (κ3) is 6.92. The lowest BCUT2D eigenvalue weighted by Crippen LogP contribution is -2.22. The third-order valence-electron chi connectivity index (χ3n) is 2.36. The normalized spacial score (nSPS) is 12.6. The zero-order chi connectivity index (χ0) is 13.1. The molecule has 17 heavy (non-hydrogen) atoms. The molecule has 0 atom stereocenters. The first kappa shape index (κ1) is 14.8. The first-order chi connectivity index (χ1) is 7.66. The van der Waals surface area contributed by atoms with Crippen molar-refractivity contribution in [1.29, 1.82) is 0 Å². The van der Waals surface area contributed by atoms with E-state index in [-0.39, 0.29) is 5.60 Å². The maximum atomic E-state index is 5.80. The van der Waals surface area contributed by atoms with Gasteiger partial charge in [-0.3, -0.25) is 0 Å². The van der Waals surface area contributed by atoms with Crippen molar-refractivity contribution in [2.45, 2.75) is 56.5 Å². The van der Waals surface area contributed by atoms with Crippen LogP contribution in [0.2, 0.25) is 0 Å². The molecule has 0 spiro atoms. The highest BCUT2D eigenvalue weighted by molar-refractivity contribution is 14.1. The summed E-state index contributed by atoms with van der Waals surface area (Å²) in [5.41, 5.74) is 1.27. The minimum atomic E-state index is -0.119. The Hall–Kier alpha value is -0.250. The average molecular weight is 346 g/mol. The second kappa shape index (κ2) is 5.59. The monoisotopic (exact) mass is 346 g/mol. The van der Waals surface area contributed by atoms with Crippen molar-refractivity contribution in [1.82, 2.24) is 0 Å². The highest BCUT2D eigenvalue weighted by Crippen LogP contribution is 2.24. The lowest BCUT2D eigenvalue weighted by atomic mass is 10.0. The van der Waals surface area contributed by atoms with Crippen molar-refractivity contribution in [3.8, 4) is 5.75 Å². The quantitative estimate of drug-likeness (QED) is 0.550. The van der Waals surface area contributed by atoms with Crippen molar-refractivity contribution < 1.29 is 4.74 Å². The number of rotatable bonds is 4. The molecule has 1 aromatic rings. The molecule has 0 N–H and O–H groups in total. The fourth-order valence-corrected chi connectivity index (χ4v) is 1.79. The van der Waals surface area contributed by atoms with Gasteiger partial charge in [-0.05, 0) is 51.3 Å². The van der Waals surface area contributed by atoms with E-state index < -0.39 is 0 Å². The number of benzene rings is 1. The second-order valence-electron chi connectivity index (χ2n) is 6.08. The molecule has 0 heterocycles. The van der Waals surface area contributed by atoms with Crippen LogP contribution in [-0.2, 0) is 6.42 Å². The molecular formula is C15H23IO. The highest BCUT2D eigenvalue weighted by Gasteiger charge is 2.13. The minimum absolute atomic E-state index is 0.119. The Morgan fingerprint density at radius 2 is 1.53 bits per heavy atom. The Morgan fingerprint density at radius 3 is 1.94 bits per heavy atom. The zero-order valence-corrected chi connectivity index (χ0v) is 13.7. The SMILES string of the molecule is CC(C)(I)CCc1ccc(OC(C)(C)C)cc1. The molecule has 0 radical (unpaired) electrons. The van der Waals surface area contributed by atoms with E-state index in [1.54, 1.807) is 0 Å². The van der Waals surface area contributed by atoms with Gasteiger partial charge in [0.25, 0.3) is 0 Å². The minimum Gasteiger partial charge on any atom is -0.488 e. The fraction of sp³-hybridized carbons (Fsp3) is 0.600. The molecule has 0 bridgehead atoms. The summed E-state index contributed by atoms with van der Waals surface area (Å²) in [4.78, 5) is 0. The van der Waals surface area contributed by atoms with E-state index in [9.17, 15) is 0 Å². The van der Waals surface area contributed by atoms with Crippen LogP contribution in [-0.4, -0.2) is 9.02 Å². The fourth-order valence-electron chi connectivity index (χ4n) is 1.52. The summed E-state index contributed by atoms with van der Waals surface area (Å²) in [5.74, 6) is 0.954. The predicted octanol–water partition coefficient (Wildman–Crippen LogP) is 5.01. The van der Waals surface area contributed by atoms with Gasteiger partial charge in [0.15, 0.2) is 0 Å². The number of ether oxygens (including phenoxy) is 1. The number of hydrogen-bond acceptors (Lipinski definition) is 1. The molecule has 0 saturated heterocycles. The average Bonchev–Trinajstić information content (AvgIpc) is 2.13. The van der Waals surface area contributed by atoms with E-state index in [2.05, 4.69) is 81.5 Å². The van der Waals surface area contributed by atoms with Gasteiger partial charge in [-0.15, -0.1) is 0 Å². The van der Waals surface area contributed by atoms with Crippen molar-refractivity contribution in [3.63, 3.8) is 0 Å². The lowest BCUT2D eigenvalue weighted by Gasteiger charge is -2.21. The van der Waals surface area contributed by atoms with E-state index in [1.165, 1.54) is 12.0 Å². The van der Waals surface area contributed by atoms with Crippen LogP contribution >= 0.6 is 22.6 Å². The van der Waals surface area contributed by atoms with Gasteiger partial charge in [-0.1, -0.05) is 48.6 Å². The van der Waals surface area contributed by atoms with Crippen LogP contribution in [0.1, 0.15) is 46.6 Å². The maximum Gasteiger partial charge on any atom is 0.120 e. The molecule has 0 aliphatic rings.